The number of hydrogen-bond acceptors (Lipinski definition) is 3. The van der Waals surface area contributed by atoms with Crippen LogP contribution in [0.3, 0.4) is 0 Å². The minimum Gasteiger partial charge on any atom is -0.387 e. The van der Waals surface area contributed by atoms with Gasteiger partial charge in [0.05, 0.1) is 6.10 Å². The summed E-state index contributed by atoms with van der Waals surface area (Å²) in [7, 11) is 0. The van der Waals surface area contributed by atoms with Crippen LogP contribution in [0.5, 0.6) is 0 Å². The van der Waals surface area contributed by atoms with Crippen LogP contribution in [0.4, 0.5) is 0 Å². The molecule has 2 unspecified atom stereocenters. The molecule has 1 aromatic carbocycles. The third-order valence-corrected chi connectivity index (χ3v) is 4.44. The Morgan fingerprint density at radius 3 is 2.59 bits per heavy atom. The van der Waals surface area contributed by atoms with E-state index in [9.17, 15) is 5.11 Å². The molecule has 2 aromatic rings. The number of rotatable bonds is 4. The van der Waals surface area contributed by atoms with Crippen LogP contribution in [0.15, 0.2) is 46.3 Å². The van der Waals surface area contributed by atoms with Gasteiger partial charge in [0.15, 0.2) is 0 Å². The van der Waals surface area contributed by atoms with E-state index >= 15 is 0 Å². The Bertz CT molecular complexity index is 472. The molecule has 0 aliphatic heterocycles. The zero-order valence-electron chi connectivity index (χ0n) is 9.21. The molecule has 0 fully saturated rings. The highest BCUT2D eigenvalue weighted by Crippen LogP contribution is 2.35. The van der Waals surface area contributed by atoms with Crippen molar-refractivity contribution in [2.75, 3.05) is 6.54 Å². The Kier molecular flexibility index (Phi) is 4.34. The minimum atomic E-state index is -0.543. The Labute approximate surface area is 113 Å². The first-order chi connectivity index (χ1) is 8.24. The van der Waals surface area contributed by atoms with E-state index in [0.29, 0.717) is 6.54 Å². The van der Waals surface area contributed by atoms with E-state index in [1.54, 1.807) is 11.3 Å². The van der Waals surface area contributed by atoms with Gasteiger partial charge in [-0.25, -0.2) is 0 Å². The van der Waals surface area contributed by atoms with Crippen LogP contribution in [0.1, 0.15) is 22.5 Å². The van der Waals surface area contributed by atoms with Crippen LogP contribution in [-0.4, -0.2) is 11.7 Å². The van der Waals surface area contributed by atoms with E-state index < -0.39 is 6.10 Å². The van der Waals surface area contributed by atoms with Crippen molar-refractivity contribution in [2.45, 2.75) is 12.0 Å². The van der Waals surface area contributed by atoms with Crippen molar-refractivity contribution in [3.05, 3.63) is 56.7 Å². The smallest absolute Gasteiger partial charge is 0.0962 e. The third kappa shape index (κ3) is 2.77. The van der Waals surface area contributed by atoms with E-state index in [2.05, 4.69) is 15.9 Å². The van der Waals surface area contributed by atoms with Crippen molar-refractivity contribution >= 4 is 27.3 Å². The molecule has 0 aliphatic rings. The van der Waals surface area contributed by atoms with Gasteiger partial charge in [0, 0.05) is 21.8 Å². The molecule has 1 heterocycles. The molecule has 90 valence electrons. The molecule has 0 aliphatic carbocycles. The molecule has 0 saturated carbocycles. The molecule has 0 saturated heterocycles. The molecule has 2 rings (SSSR count). The SMILES string of the molecule is NCC(c1ccccc1Br)C(O)c1cccs1. The van der Waals surface area contributed by atoms with Crippen molar-refractivity contribution in [3.63, 3.8) is 0 Å². The van der Waals surface area contributed by atoms with Gasteiger partial charge in [0.25, 0.3) is 0 Å². The standard InChI is InChI=1S/C13H14BrNOS/c14-11-5-2-1-4-9(11)10(8-15)13(16)12-6-3-7-17-12/h1-7,10,13,16H,8,15H2. The number of aliphatic hydroxyl groups excluding tert-OH is 1. The predicted molar refractivity (Wildman–Crippen MR) is 75.2 cm³/mol. The number of nitrogens with two attached hydrogens (primary N) is 1. The van der Waals surface area contributed by atoms with Gasteiger partial charge < -0.3 is 10.8 Å². The van der Waals surface area contributed by atoms with Crippen molar-refractivity contribution in [1.82, 2.24) is 0 Å². The molecule has 0 amide bonds. The summed E-state index contributed by atoms with van der Waals surface area (Å²) in [6, 6.07) is 11.8. The maximum atomic E-state index is 10.4. The lowest BCUT2D eigenvalue weighted by Crippen LogP contribution is -2.20. The average Bonchev–Trinajstić information content (AvgIpc) is 2.86. The first-order valence-corrected chi connectivity index (χ1v) is 7.07. The molecule has 4 heteroatoms. The monoisotopic (exact) mass is 311 g/mol. The number of benzene rings is 1. The summed E-state index contributed by atoms with van der Waals surface area (Å²) >= 11 is 5.06. The van der Waals surface area contributed by atoms with Crippen molar-refractivity contribution in [3.8, 4) is 0 Å². The Balaban J connectivity index is 2.31. The lowest BCUT2D eigenvalue weighted by Gasteiger charge is -2.22. The molecule has 1 aromatic heterocycles. The van der Waals surface area contributed by atoms with E-state index in [1.807, 2.05) is 41.8 Å². The topological polar surface area (TPSA) is 46.2 Å². The van der Waals surface area contributed by atoms with Crippen LogP contribution in [0, 0.1) is 0 Å². The van der Waals surface area contributed by atoms with Crippen molar-refractivity contribution in [2.24, 2.45) is 5.73 Å². The minimum absolute atomic E-state index is 0.0794. The molecule has 2 nitrogen and oxygen atoms in total. The van der Waals surface area contributed by atoms with Gasteiger partial charge in [0.1, 0.15) is 0 Å². The maximum Gasteiger partial charge on any atom is 0.0962 e. The summed E-state index contributed by atoms with van der Waals surface area (Å²) in [5.74, 6) is -0.0794. The highest BCUT2D eigenvalue weighted by molar-refractivity contribution is 9.10. The lowest BCUT2D eigenvalue weighted by molar-refractivity contribution is 0.151. The van der Waals surface area contributed by atoms with Gasteiger partial charge in [-0.2, -0.15) is 0 Å². The molecule has 2 atom stereocenters. The second-order valence-corrected chi connectivity index (χ2v) is 5.66. The average molecular weight is 312 g/mol. The van der Waals surface area contributed by atoms with Crippen LogP contribution < -0.4 is 5.73 Å². The van der Waals surface area contributed by atoms with Crippen molar-refractivity contribution < 1.29 is 5.11 Å². The second kappa shape index (κ2) is 5.78. The van der Waals surface area contributed by atoms with Crippen LogP contribution >= 0.6 is 27.3 Å². The summed E-state index contributed by atoms with van der Waals surface area (Å²) in [6.45, 7) is 0.418. The fourth-order valence-corrected chi connectivity index (χ4v) is 3.21. The molecule has 0 spiro atoms. The molecule has 3 N–H and O–H groups in total. The first-order valence-electron chi connectivity index (χ1n) is 5.40. The highest BCUT2D eigenvalue weighted by Gasteiger charge is 2.23. The lowest BCUT2D eigenvalue weighted by atomic mass is 9.92. The predicted octanol–water partition coefficient (Wildman–Crippen LogP) is 3.29. The van der Waals surface area contributed by atoms with Gasteiger partial charge in [-0.1, -0.05) is 40.2 Å². The van der Waals surface area contributed by atoms with E-state index in [1.165, 1.54) is 0 Å². The quantitative estimate of drug-likeness (QED) is 0.910. The van der Waals surface area contributed by atoms with Crippen LogP contribution in [0.2, 0.25) is 0 Å². The van der Waals surface area contributed by atoms with Gasteiger partial charge in [-0.15, -0.1) is 11.3 Å². The van der Waals surface area contributed by atoms with Crippen molar-refractivity contribution in [1.29, 1.82) is 0 Å². The Morgan fingerprint density at radius 1 is 1.24 bits per heavy atom. The summed E-state index contributed by atoms with van der Waals surface area (Å²) in [6.07, 6.45) is -0.543. The van der Waals surface area contributed by atoms with Gasteiger partial charge >= 0.3 is 0 Å². The largest absolute Gasteiger partial charge is 0.387 e. The van der Waals surface area contributed by atoms with E-state index in [0.717, 1.165) is 14.9 Å². The fourth-order valence-electron chi connectivity index (χ4n) is 1.86. The summed E-state index contributed by atoms with van der Waals surface area (Å²) < 4.78 is 0.992. The van der Waals surface area contributed by atoms with Crippen LogP contribution in [-0.2, 0) is 0 Å². The van der Waals surface area contributed by atoms with Crippen LogP contribution in [0.25, 0.3) is 0 Å². The number of hydrogen-bond donors (Lipinski definition) is 2. The number of thiophene rings is 1. The van der Waals surface area contributed by atoms with Gasteiger partial charge in [-0.3, -0.25) is 0 Å². The maximum absolute atomic E-state index is 10.4. The van der Waals surface area contributed by atoms with E-state index in [4.69, 9.17) is 5.73 Å². The Morgan fingerprint density at radius 2 is 2.00 bits per heavy atom. The normalized spacial score (nSPS) is 14.5. The Hall–Kier alpha value is -0.680. The molecular weight excluding hydrogens is 298 g/mol. The second-order valence-electron chi connectivity index (χ2n) is 3.82. The molecule has 0 radical (unpaired) electrons. The van der Waals surface area contributed by atoms with Gasteiger partial charge in [-0.05, 0) is 23.1 Å². The fraction of sp³-hybridized carbons (Fsp3) is 0.231. The third-order valence-electron chi connectivity index (χ3n) is 2.77. The van der Waals surface area contributed by atoms with E-state index in [-0.39, 0.29) is 5.92 Å². The summed E-state index contributed by atoms with van der Waals surface area (Å²) in [5.41, 5.74) is 6.86. The molecular formula is C13H14BrNOS. The summed E-state index contributed by atoms with van der Waals surface area (Å²) in [5, 5.41) is 12.3. The zero-order chi connectivity index (χ0) is 12.3. The molecule has 0 bridgehead atoms. The van der Waals surface area contributed by atoms with Gasteiger partial charge in [0.2, 0.25) is 0 Å². The first kappa shape index (κ1) is 12.8. The zero-order valence-corrected chi connectivity index (χ0v) is 11.6. The molecule has 17 heavy (non-hydrogen) atoms. The summed E-state index contributed by atoms with van der Waals surface area (Å²) in [4.78, 5) is 0.955. The number of aliphatic hydroxyl groups is 1. The number of halogens is 1. The highest BCUT2D eigenvalue weighted by atomic mass is 79.9.